The van der Waals surface area contributed by atoms with E-state index in [1.807, 2.05) is 0 Å². The van der Waals surface area contributed by atoms with Crippen LogP contribution in [0.4, 0.5) is 0 Å². The molecule has 0 amide bonds. The maximum absolute atomic E-state index is 3.84. The van der Waals surface area contributed by atoms with E-state index in [1.165, 1.54) is 51.7 Å². The molecule has 2 fully saturated rings. The highest BCUT2D eigenvalue weighted by molar-refractivity contribution is 5.01. The maximum Gasteiger partial charge on any atom is 0.0308 e. The number of hydrogen-bond acceptors (Lipinski definition) is 2. The van der Waals surface area contributed by atoms with Crippen molar-refractivity contribution in [3.05, 3.63) is 0 Å². The van der Waals surface area contributed by atoms with E-state index < -0.39 is 0 Å². The minimum absolute atomic E-state index is 0.386. The van der Waals surface area contributed by atoms with Crippen LogP contribution < -0.4 is 5.32 Å². The number of nitrogens with zero attached hydrogens (tertiary/aromatic N) is 1. The molecule has 1 saturated heterocycles. The van der Waals surface area contributed by atoms with Gasteiger partial charge in [0.25, 0.3) is 0 Å². The van der Waals surface area contributed by atoms with Crippen molar-refractivity contribution in [3.63, 3.8) is 0 Å². The normalized spacial score (nSPS) is 32.5. The minimum Gasteiger partial charge on any atom is -0.310 e. The van der Waals surface area contributed by atoms with Gasteiger partial charge in [-0.15, -0.1) is 0 Å². The van der Waals surface area contributed by atoms with Crippen LogP contribution in [0.25, 0.3) is 0 Å². The molecule has 0 bridgehead atoms. The molecule has 1 N–H and O–H groups in total. The first-order chi connectivity index (χ1) is 8.60. The van der Waals surface area contributed by atoms with E-state index in [0.717, 1.165) is 17.9 Å². The highest BCUT2D eigenvalue weighted by Crippen LogP contribution is 2.41. The van der Waals surface area contributed by atoms with E-state index in [4.69, 9.17) is 0 Å². The Bertz CT molecular complexity index is 258. The summed E-state index contributed by atoms with van der Waals surface area (Å²) in [7, 11) is 0. The molecule has 2 aliphatic rings. The Balaban J connectivity index is 2.02. The molecule has 1 aliphatic carbocycles. The van der Waals surface area contributed by atoms with Crippen molar-refractivity contribution >= 4 is 0 Å². The first kappa shape index (κ1) is 14.3. The molecule has 0 aromatic rings. The van der Waals surface area contributed by atoms with Gasteiger partial charge in [0.05, 0.1) is 0 Å². The lowest BCUT2D eigenvalue weighted by Gasteiger charge is -2.39. The molecule has 1 heterocycles. The highest BCUT2D eigenvalue weighted by atomic mass is 15.2. The molecular formula is C16H32N2. The average Bonchev–Trinajstić information content (AvgIpc) is 3.17. The van der Waals surface area contributed by atoms with Gasteiger partial charge in [-0.3, -0.25) is 4.90 Å². The third-order valence-electron chi connectivity index (χ3n) is 5.47. The Morgan fingerprint density at radius 2 is 1.94 bits per heavy atom. The summed E-state index contributed by atoms with van der Waals surface area (Å²) in [5.41, 5.74) is 0.386. The molecule has 2 atom stereocenters. The van der Waals surface area contributed by atoms with Crippen LogP contribution in [0.3, 0.4) is 0 Å². The maximum atomic E-state index is 3.84. The van der Waals surface area contributed by atoms with Crippen molar-refractivity contribution in [1.29, 1.82) is 0 Å². The van der Waals surface area contributed by atoms with Crippen LogP contribution in [-0.2, 0) is 0 Å². The summed E-state index contributed by atoms with van der Waals surface area (Å²) < 4.78 is 0. The van der Waals surface area contributed by atoms with Gasteiger partial charge in [-0.2, -0.15) is 0 Å². The van der Waals surface area contributed by atoms with Crippen LogP contribution >= 0.6 is 0 Å². The van der Waals surface area contributed by atoms with Gasteiger partial charge in [-0.1, -0.05) is 26.7 Å². The fourth-order valence-electron chi connectivity index (χ4n) is 3.82. The molecule has 0 aromatic carbocycles. The van der Waals surface area contributed by atoms with Crippen molar-refractivity contribution in [2.75, 3.05) is 19.6 Å². The smallest absolute Gasteiger partial charge is 0.0308 e. The second-order valence-corrected chi connectivity index (χ2v) is 6.76. The summed E-state index contributed by atoms with van der Waals surface area (Å²) in [5, 5.41) is 3.84. The quantitative estimate of drug-likeness (QED) is 0.808. The zero-order chi connectivity index (χ0) is 13.2. The molecule has 1 aliphatic heterocycles. The minimum atomic E-state index is 0.386. The van der Waals surface area contributed by atoms with Crippen molar-refractivity contribution in [1.82, 2.24) is 10.2 Å². The third kappa shape index (κ3) is 3.08. The van der Waals surface area contributed by atoms with Gasteiger partial charge in [0.15, 0.2) is 0 Å². The van der Waals surface area contributed by atoms with Gasteiger partial charge in [0.2, 0.25) is 0 Å². The predicted octanol–water partition coefficient (Wildman–Crippen LogP) is 3.28. The number of rotatable bonds is 5. The van der Waals surface area contributed by atoms with Crippen molar-refractivity contribution in [3.8, 4) is 0 Å². The molecular weight excluding hydrogens is 220 g/mol. The van der Waals surface area contributed by atoms with Crippen LogP contribution in [0.5, 0.6) is 0 Å². The summed E-state index contributed by atoms with van der Waals surface area (Å²) in [5.74, 6) is 1.80. The van der Waals surface area contributed by atoms with Crippen molar-refractivity contribution in [2.45, 2.75) is 71.4 Å². The Hall–Kier alpha value is -0.0800. The SMILES string of the molecule is CCC(CC)C(C)N1CCCNC(C)(C2CC2)C1. The van der Waals surface area contributed by atoms with Gasteiger partial charge >= 0.3 is 0 Å². The van der Waals surface area contributed by atoms with Crippen LogP contribution in [0.2, 0.25) is 0 Å². The fourth-order valence-corrected chi connectivity index (χ4v) is 3.82. The van der Waals surface area contributed by atoms with Gasteiger partial charge in [0, 0.05) is 18.1 Å². The van der Waals surface area contributed by atoms with Crippen LogP contribution in [0.1, 0.15) is 59.8 Å². The molecule has 2 nitrogen and oxygen atoms in total. The lowest BCUT2D eigenvalue weighted by atomic mass is 9.90. The van der Waals surface area contributed by atoms with E-state index >= 15 is 0 Å². The summed E-state index contributed by atoms with van der Waals surface area (Å²) in [6.07, 6.45) is 6.84. The first-order valence-electron chi connectivity index (χ1n) is 8.09. The number of hydrogen-bond donors (Lipinski definition) is 1. The van der Waals surface area contributed by atoms with Crippen LogP contribution in [0, 0.1) is 11.8 Å². The molecule has 0 radical (unpaired) electrons. The van der Waals surface area contributed by atoms with Crippen molar-refractivity contribution < 1.29 is 0 Å². The number of nitrogens with one attached hydrogen (secondary N) is 1. The molecule has 106 valence electrons. The van der Waals surface area contributed by atoms with Crippen LogP contribution in [0.15, 0.2) is 0 Å². The van der Waals surface area contributed by atoms with E-state index in [0.29, 0.717) is 5.54 Å². The molecule has 1 saturated carbocycles. The summed E-state index contributed by atoms with van der Waals surface area (Å²) in [4.78, 5) is 2.77. The van der Waals surface area contributed by atoms with E-state index in [9.17, 15) is 0 Å². The van der Waals surface area contributed by atoms with Gasteiger partial charge < -0.3 is 5.32 Å². The molecule has 0 aromatic heterocycles. The van der Waals surface area contributed by atoms with Gasteiger partial charge in [-0.05, 0) is 58.0 Å². The lowest BCUT2D eigenvalue weighted by molar-refractivity contribution is 0.117. The third-order valence-corrected chi connectivity index (χ3v) is 5.47. The summed E-state index contributed by atoms with van der Waals surface area (Å²) >= 11 is 0. The monoisotopic (exact) mass is 252 g/mol. The van der Waals surface area contributed by atoms with E-state index in [2.05, 4.69) is 37.9 Å². The molecule has 18 heavy (non-hydrogen) atoms. The van der Waals surface area contributed by atoms with Gasteiger partial charge in [-0.25, -0.2) is 0 Å². The molecule has 2 unspecified atom stereocenters. The van der Waals surface area contributed by atoms with Crippen molar-refractivity contribution in [2.24, 2.45) is 11.8 Å². The Kier molecular flexibility index (Phi) is 4.71. The van der Waals surface area contributed by atoms with E-state index in [1.54, 1.807) is 0 Å². The Morgan fingerprint density at radius 3 is 2.50 bits per heavy atom. The van der Waals surface area contributed by atoms with E-state index in [-0.39, 0.29) is 0 Å². The second-order valence-electron chi connectivity index (χ2n) is 6.76. The zero-order valence-electron chi connectivity index (χ0n) is 12.8. The zero-order valence-corrected chi connectivity index (χ0v) is 12.8. The second kappa shape index (κ2) is 5.92. The van der Waals surface area contributed by atoms with Gasteiger partial charge in [0.1, 0.15) is 0 Å². The molecule has 2 rings (SSSR count). The molecule has 0 spiro atoms. The standard InChI is InChI=1S/C16H32N2/c1-5-14(6-2)13(3)18-11-7-10-17-16(4,12-18)15-8-9-15/h13-15,17H,5-12H2,1-4H3. The fraction of sp³-hybridized carbons (Fsp3) is 1.00. The highest BCUT2D eigenvalue weighted by Gasteiger charge is 2.43. The summed E-state index contributed by atoms with van der Waals surface area (Å²) in [6.45, 7) is 13.4. The first-order valence-corrected chi connectivity index (χ1v) is 8.09. The topological polar surface area (TPSA) is 15.3 Å². The Labute approximate surface area is 114 Å². The van der Waals surface area contributed by atoms with Crippen LogP contribution in [-0.4, -0.2) is 36.1 Å². The average molecular weight is 252 g/mol. The lowest BCUT2D eigenvalue weighted by Crippen LogP contribution is -2.53. The molecule has 2 heteroatoms. The summed E-state index contributed by atoms with van der Waals surface area (Å²) in [6, 6.07) is 0.748. The predicted molar refractivity (Wildman–Crippen MR) is 78.9 cm³/mol. The largest absolute Gasteiger partial charge is 0.310 e. The Morgan fingerprint density at radius 1 is 1.28 bits per heavy atom.